The molecule has 0 heterocycles. The molecule has 0 atom stereocenters. The van der Waals surface area contributed by atoms with E-state index in [9.17, 15) is 0 Å². The van der Waals surface area contributed by atoms with E-state index in [1.54, 1.807) is 0 Å². The second-order valence-electron chi connectivity index (χ2n) is 3.78. The number of rotatable bonds is 2. The van der Waals surface area contributed by atoms with Gasteiger partial charge in [-0.2, -0.15) is 0 Å². The van der Waals surface area contributed by atoms with Crippen LogP contribution in [-0.2, 0) is 12.8 Å². The van der Waals surface area contributed by atoms with Gasteiger partial charge in [-0.3, -0.25) is 0 Å². The van der Waals surface area contributed by atoms with Gasteiger partial charge < -0.3 is 5.11 Å². The van der Waals surface area contributed by atoms with Crippen LogP contribution in [0.4, 0.5) is 0 Å². The van der Waals surface area contributed by atoms with E-state index in [2.05, 4.69) is 18.2 Å². The van der Waals surface area contributed by atoms with Crippen molar-refractivity contribution in [3.63, 3.8) is 0 Å². The van der Waals surface area contributed by atoms with Crippen molar-refractivity contribution >= 4 is 6.08 Å². The van der Waals surface area contributed by atoms with E-state index in [0.717, 1.165) is 0 Å². The molecule has 0 fully saturated rings. The molecule has 0 bridgehead atoms. The number of hydrogen-bond donors (Lipinski definition) is 1. The minimum absolute atomic E-state index is 0.129. The fourth-order valence-electron chi connectivity index (χ4n) is 2.15. The summed E-state index contributed by atoms with van der Waals surface area (Å²) >= 11 is 0. The summed E-state index contributed by atoms with van der Waals surface area (Å²) < 4.78 is 0. The van der Waals surface area contributed by atoms with Crippen LogP contribution in [0, 0.1) is 0 Å². The maximum absolute atomic E-state index is 8.74. The van der Waals surface area contributed by atoms with Gasteiger partial charge in [-0.15, -0.1) is 0 Å². The van der Waals surface area contributed by atoms with Crippen molar-refractivity contribution < 1.29 is 5.11 Å². The van der Waals surface area contributed by atoms with Gasteiger partial charge in [0.1, 0.15) is 0 Å². The van der Waals surface area contributed by atoms with Gasteiger partial charge >= 0.3 is 0 Å². The van der Waals surface area contributed by atoms with E-state index in [0.29, 0.717) is 0 Å². The molecule has 1 aromatic rings. The summed E-state index contributed by atoms with van der Waals surface area (Å²) in [6.07, 6.45) is 8.88. The van der Waals surface area contributed by atoms with Gasteiger partial charge in [0.2, 0.25) is 0 Å². The van der Waals surface area contributed by atoms with Gasteiger partial charge in [0.05, 0.1) is 6.61 Å². The Morgan fingerprint density at radius 3 is 2.93 bits per heavy atom. The fourth-order valence-corrected chi connectivity index (χ4v) is 2.15. The van der Waals surface area contributed by atoms with Crippen LogP contribution < -0.4 is 0 Å². The van der Waals surface area contributed by atoms with Crippen LogP contribution in [0.3, 0.4) is 0 Å². The number of aliphatic hydroxyl groups excluding tert-OH is 1. The third-order valence-electron chi connectivity index (χ3n) is 2.83. The Bertz CT molecular complexity index is 339. The molecule has 0 amide bonds. The lowest BCUT2D eigenvalue weighted by Crippen LogP contribution is -2.04. The summed E-state index contributed by atoms with van der Waals surface area (Å²) in [4.78, 5) is 0. The predicted octanol–water partition coefficient (Wildman–Crippen LogP) is 2.57. The molecule has 1 aromatic carbocycles. The second kappa shape index (κ2) is 4.43. The van der Waals surface area contributed by atoms with Crippen LogP contribution in [-0.4, -0.2) is 11.7 Å². The molecule has 14 heavy (non-hydrogen) atoms. The SMILES string of the molecule is OC/C=C/c1cccc2c1CCCC2. The lowest BCUT2D eigenvalue weighted by Gasteiger charge is -2.17. The van der Waals surface area contributed by atoms with Gasteiger partial charge in [0.15, 0.2) is 0 Å². The molecular formula is C13H16O. The average Bonchev–Trinajstić information content (AvgIpc) is 2.26. The number of fused-ring (bicyclic) bond motifs is 1. The van der Waals surface area contributed by atoms with E-state index in [1.807, 2.05) is 12.2 Å². The van der Waals surface area contributed by atoms with Crippen LogP contribution in [0.15, 0.2) is 24.3 Å². The first-order valence-electron chi connectivity index (χ1n) is 5.30. The summed E-state index contributed by atoms with van der Waals surface area (Å²) in [6, 6.07) is 6.47. The maximum atomic E-state index is 8.74. The quantitative estimate of drug-likeness (QED) is 0.756. The number of benzene rings is 1. The number of aliphatic hydroxyl groups is 1. The predicted molar refractivity (Wildman–Crippen MR) is 59.2 cm³/mol. The monoisotopic (exact) mass is 188 g/mol. The van der Waals surface area contributed by atoms with Crippen molar-refractivity contribution in [3.05, 3.63) is 41.0 Å². The molecule has 1 N–H and O–H groups in total. The van der Waals surface area contributed by atoms with Crippen molar-refractivity contribution in [1.29, 1.82) is 0 Å². The first-order valence-corrected chi connectivity index (χ1v) is 5.30. The van der Waals surface area contributed by atoms with E-state index in [-0.39, 0.29) is 6.61 Å². The third kappa shape index (κ3) is 1.88. The Hall–Kier alpha value is -1.08. The molecule has 1 heteroatoms. The first kappa shape index (κ1) is 9.47. The molecule has 0 saturated heterocycles. The summed E-state index contributed by atoms with van der Waals surface area (Å²) in [5.41, 5.74) is 4.27. The molecular weight excluding hydrogens is 172 g/mol. The van der Waals surface area contributed by atoms with E-state index < -0.39 is 0 Å². The molecule has 74 valence electrons. The highest BCUT2D eigenvalue weighted by atomic mass is 16.2. The average molecular weight is 188 g/mol. The number of aryl methyl sites for hydroxylation is 1. The van der Waals surface area contributed by atoms with E-state index >= 15 is 0 Å². The maximum Gasteiger partial charge on any atom is 0.0615 e. The van der Waals surface area contributed by atoms with Crippen LogP contribution in [0.5, 0.6) is 0 Å². The van der Waals surface area contributed by atoms with Gasteiger partial charge in [-0.25, -0.2) is 0 Å². The zero-order chi connectivity index (χ0) is 9.80. The van der Waals surface area contributed by atoms with E-state index in [4.69, 9.17) is 5.11 Å². The van der Waals surface area contributed by atoms with Crippen LogP contribution in [0.25, 0.3) is 6.08 Å². The Labute approximate surface area is 85.1 Å². The third-order valence-corrected chi connectivity index (χ3v) is 2.83. The van der Waals surface area contributed by atoms with Crippen LogP contribution in [0.2, 0.25) is 0 Å². The topological polar surface area (TPSA) is 20.2 Å². The molecule has 0 unspecified atom stereocenters. The van der Waals surface area contributed by atoms with Gasteiger partial charge in [0.25, 0.3) is 0 Å². The summed E-state index contributed by atoms with van der Waals surface area (Å²) in [5.74, 6) is 0. The fraction of sp³-hybridized carbons (Fsp3) is 0.385. The Kier molecular flexibility index (Phi) is 3.00. The lowest BCUT2D eigenvalue weighted by molar-refractivity contribution is 0.343. The number of hydrogen-bond acceptors (Lipinski definition) is 1. The smallest absolute Gasteiger partial charge is 0.0615 e. The molecule has 0 saturated carbocycles. The standard InChI is InChI=1S/C13H16O/c14-10-4-8-12-7-3-6-11-5-1-2-9-13(11)12/h3-4,6-8,14H,1-2,5,9-10H2/b8-4+. The van der Waals surface area contributed by atoms with Crippen molar-refractivity contribution in [3.8, 4) is 0 Å². The summed E-state index contributed by atoms with van der Waals surface area (Å²) in [5, 5.41) is 8.74. The van der Waals surface area contributed by atoms with Crippen molar-refractivity contribution in [2.45, 2.75) is 25.7 Å². The zero-order valence-corrected chi connectivity index (χ0v) is 8.37. The van der Waals surface area contributed by atoms with Gasteiger partial charge in [-0.1, -0.05) is 30.4 Å². The highest BCUT2D eigenvalue weighted by molar-refractivity contribution is 5.56. The van der Waals surface area contributed by atoms with Crippen molar-refractivity contribution in [1.82, 2.24) is 0 Å². The second-order valence-corrected chi connectivity index (χ2v) is 3.78. The largest absolute Gasteiger partial charge is 0.392 e. The van der Waals surface area contributed by atoms with Crippen molar-refractivity contribution in [2.24, 2.45) is 0 Å². The summed E-state index contributed by atoms with van der Waals surface area (Å²) in [6.45, 7) is 0.129. The molecule has 1 aliphatic rings. The molecule has 0 aliphatic heterocycles. The Morgan fingerprint density at radius 2 is 2.07 bits per heavy atom. The minimum atomic E-state index is 0.129. The van der Waals surface area contributed by atoms with Gasteiger partial charge in [0, 0.05) is 0 Å². The van der Waals surface area contributed by atoms with E-state index in [1.165, 1.54) is 42.4 Å². The molecule has 0 radical (unpaired) electrons. The van der Waals surface area contributed by atoms with Crippen LogP contribution >= 0.6 is 0 Å². The highest BCUT2D eigenvalue weighted by Crippen LogP contribution is 2.25. The lowest BCUT2D eigenvalue weighted by atomic mass is 9.88. The first-order chi connectivity index (χ1) is 6.92. The molecule has 1 nitrogen and oxygen atoms in total. The van der Waals surface area contributed by atoms with Crippen LogP contribution in [0.1, 0.15) is 29.5 Å². The molecule has 0 aromatic heterocycles. The highest BCUT2D eigenvalue weighted by Gasteiger charge is 2.10. The van der Waals surface area contributed by atoms with Gasteiger partial charge in [-0.05, 0) is 42.4 Å². The van der Waals surface area contributed by atoms with Crippen molar-refractivity contribution in [2.75, 3.05) is 6.61 Å². The Balaban J connectivity index is 2.35. The zero-order valence-electron chi connectivity index (χ0n) is 8.37. The molecule has 0 spiro atoms. The molecule has 2 rings (SSSR count). The normalized spacial score (nSPS) is 15.8. The Morgan fingerprint density at radius 1 is 1.21 bits per heavy atom. The molecule has 1 aliphatic carbocycles. The minimum Gasteiger partial charge on any atom is -0.392 e. The summed E-state index contributed by atoms with van der Waals surface area (Å²) in [7, 11) is 0.